The van der Waals surface area contributed by atoms with Crippen LogP contribution in [-0.4, -0.2) is 56.4 Å². The number of aryl methyl sites for hydroxylation is 3. The van der Waals surface area contributed by atoms with Crippen molar-refractivity contribution in [3.05, 3.63) is 93.4 Å². The number of nitrogens with zero attached hydrogens (tertiary/aromatic N) is 6. The maximum atomic E-state index is 13.1. The smallest absolute Gasteiger partial charge is 0.316 e. The third-order valence-corrected chi connectivity index (χ3v) is 6.86. The summed E-state index contributed by atoms with van der Waals surface area (Å²) in [6, 6.07) is 17.7. The van der Waals surface area contributed by atoms with Gasteiger partial charge in [0.15, 0.2) is 5.82 Å². The molecule has 9 nitrogen and oxygen atoms in total. The summed E-state index contributed by atoms with van der Waals surface area (Å²) in [7, 11) is 0. The summed E-state index contributed by atoms with van der Waals surface area (Å²) in [5.74, 6) is -0.162. The van der Waals surface area contributed by atoms with E-state index >= 15 is 0 Å². The number of carbonyl (C=O) groups excluding carboxylic acids is 1. The first-order valence-corrected chi connectivity index (χ1v) is 12.4. The van der Waals surface area contributed by atoms with Gasteiger partial charge in [0.05, 0.1) is 5.69 Å². The molecule has 0 N–H and O–H groups in total. The van der Waals surface area contributed by atoms with E-state index in [9.17, 15) is 9.59 Å². The molecular weight excluding hydrogens is 468 g/mol. The zero-order valence-corrected chi connectivity index (χ0v) is 21.5. The number of hydrogen-bond donors (Lipinski definition) is 0. The number of hydrogen-bond acceptors (Lipinski definition) is 7. The van der Waals surface area contributed by atoms with Crippen LogP contribution in [0.25, 0.3) is 11.3 Å². The number of aromatic nitrogens is 4. The maximum Gasteiger partial charge on any atom is 0.316 e. The van der Waals surface area contributed by atoms with Crippen LogP contribution in [0.15, 0.2) is 63.9 Å². The van der Waals surface area contributed by atoms with Crippen molar-refractivity contribution in [2.24, 2.45) is 0 Å². The summed E-state index contributed by atoms with van der Waals surface area (Å²) >= 11 is 0. The molecule has 1 fully saturated rings. The summed E-state index contributed by atoms with van der Waals surface area (Å²) in [6.07, 6.45) is 0. The van der Waals surface area contributed by atoms with Gasteiger partial charge in [-0.15, -0.1) is 0 Å². The summed E-state index contributed by atoms with van der Waals surface area (Å²) in [4.78, 5) is 33.9. The quantitative estimate of drug-likeness (QED) is 0.415. The topological polar surface area (TPSA) is 97.4 Å². The summed E-state index contributed by atoms with van der Waals surface area (Å²) in [6.45, 7) is 10.1. The molecule has 0 radical (unpaired) electrons. The average molecular weight is 499 g/mol. The summed E-state index contributed by atoms with van der Waals surface area (Å²) in [5, 5.41) is 8.43. The fourth-order valence-electron chi connectivity index (χ4n) is 4.62. The van der Waals surface area contributed by atoms with Crippen molar-refractivity contribution < 1.29 is 9.32 Å². The molecule has 3 heterocycles. The molecule has 9 heteroatoms. The van der Waals surface area contributed by atoms with Gasteiger partial charge in [-0.3, -0.25) is 9.59 Å². The second-order valence-corrected chi connectivity index (χ2v) is 9.66. The van der Waals surface area contributed by atoms with Gasteiger partial charge in [-0.05, 0) is 68.7 Å². The number of rotatable bonds is 5. The van der Waals surface area contributed by atoms with Crippen LogP contribution in [0.4, 0.5) is 5.69 Å². The van der Waals surface area contributed by atoms with E-state index < -0.39 is 0 Å². The van der Waals surface area contributed by atoms with Crippen LogP contribution < -0.4 is 10.5 Å². The molecule has 2 aromatic carbocycles. The lowest BCUT2D eigenvalue weighted by Gasteiger charge is -2.40. The van der Waals surface area contributed by atoms with Crippen LogP contribution in [0.1, 0.15) is 40.1 Å². The Balaban J connectivity index is 1.28. The second kappa shape index (κ2) is 10.0. The highest BCUT2D eigenvalue weighted by Gasteiger charge is 2.30. The van der Waals surface area contributed by atoms with Crippen LogP contribution in [0, 0.1) is 20.8 Å². The highest BCUT2D eigenvalue weighted by Crippen LogP contribution is 2.23. The lowest BCUT2D eigenvalue weighted by Crippen LogP contribution is -2.53. The molecule has 1 aliphatic rings. The number of amides is 1. The van der Waals surface area contributed by atoms with Crippen molar-refractivity contribution in [2.45, 2.75) is 40.3 Å². The Morgan fingerprint density at radius 2 is 1.86 bits per heavy atom. The van der Waals surface area contributed by atoms with E-state index in [1.54, 1.807) is 11.0 Å². The first-order valence-electron chi connectivity index (χ1n) is 12.4. The third kappa shape index (κ3) is 5.16. The van der Waals surface area contributed by atoms with Crippen molar-refractivity contribution in [3.63, 3.8) is 0 Å². The van der Waals surface area contributed by atoms with Gasteiger partial charge in [0.2, 0.25) is 0 Å². The molecule has 1 atom stereocenters. The van der Waals surface area contributed by atoms with Crippen molar-refractivity contribution in [1.82, 2.24) is 24.8 Å². The van der Waals surface area contributed by atoms with E-state index in [1.807, 2.05) is 38.1 Å². The van der Waals surface area contributed by atoms with E-state index in [0.717, 1.165) is 16.8 Å². The SMILES string of the molecule is Cc1cccc(N2CCN(C(=O)c3nc(Cn4nc(-c5ccc(C)c(C)c5)ccc4=O)no3)CC2C)c1. The number of piperazine rings is 1. The molecule has 1 unspecified atom stereocenters. The van der Waals surface area contributed by atoms with Gasteiger partial charge in [-0.25, -0.2) is 4.68 Å². The van der Waals surface area contributed by atoms with Gasteiger partial charge in [0.1, 0.15) is 6.54 Å². The lowest BCUT2D eigenvalue weighted by molar-refractivity contribution is 0.0676. The molecule has 5 rings (SSSR count). The first kappa shape index (κ1) is 24.4. The zero-order chi connectivity index (χ0) is 26.1. The molecule has 0 saturated carbocycles. The Bertz CT molecular complexity index is 1510. The zero-order valence-electron chi connectivity index (χ0n) is 21.5. The Morgan fingerprint density at radius 3 is 2.62 bits per heavy atom. The van der Waals surface area contributed by atoms with Gasteiger partial charge >= 0.3 is 11.8 Å². The molecule has 190 valence electrons. The number of anilines is 1. The molecule has 0 aliphatic carbocycles. The molecule has 4 aromatic rings. The minimum atomic E-state index is -0.307. The van der Waals surface area contributed by atoms with Gasteiger partial charge in [-0.1, -0.05) is 29.4 Å². The standard InChI is InChI=1S/C28H30N6O3/c1-18-6-5-7-23(14-18)33-13-12-32(16-21(33)4)28(36)27-29-25(31-37-27)17-34-26(35)11-10-24(30-34)22-9-8-19(2)20(3)15-22/h5-11,14-15,21H,12-13,16-17H2,1-4H3. The molecule has 0 bridgehead atoms. The molecule has 37 heavy (non-hydrogen) atoms. The molecule has 2 aromatic heterocycles. The lowest BCUT2D eigenvalue weighted by atomic mass is 10.0. The molecule has 1 aliphatic heterocycles. The Morgan fingerprint density at radius 1 is 1.03 bits per heavy atom. The Labute approximate surface area is 215 Å². The van der Waals surface area contributed by atoms with Crippen LogP contribution in [0.5, 0.6) is 0 Å². The van der Waals surface area contributed by atoms with Crippen molar-refractivity contribution in [2.75, 3.05) is 24.5 Å². The van der Waals surface area contributed by atoms with Gasteiger partial charge in [0.25, 0.3) is 5.56 Å². The predicted octanol–water partition coefficient (Wildman–Crippen LogP) is 3.62. The predicted molar refractivity (Wildman–Crippen MR) is 141 cm³/mol. The van der Waals surface area contributed by atoms with Crippen LogP contribution >= 0.6 is 0 Å². The second-order valence-electron chi connectivity index (χ2n) is 9.66. The van der Waals surface area contributed by atoms with Crippen molar-refractivity contribution in [1.29, 1.82) is 0 Å². The average Bonchev–Trinajstić information content (AvgIpc) is 3.35. The van der Waals surface area contributed by atoms with Gasteiger partial charge in [0, 0.05) is 43.0 Å². The van der Waals surface area contributed by atoms with E-state index in [4.69, 9.17) is 4.52 Å². The fourth-order valence-corrected chi connectivity index (χ4v) is 4.62. The first-order chi connectivity index (χ1) is 17.8. The number of carbonyl (C=O) groups is 1. The maximum absolute atomic E-state index is 13.1. The molecule has 1 amide bonds. The van der Waals surface area contributed by atoms with Crippen LogP contribution in [-0.2, 0) is 6.54 Å². The monoisotopic (exact) mass is 498 g/mol. The molecular formula is C28H30N6O3. The fraction of sp³-hybridized carbons (Fsp3) is 0.321. The molecule has 1 saturated heterocycles. The van der Waals surface area contributed by atoms with Crippen LogP contribution in [0.3, 0.4) is 0 Å². The minimum Gasteiger partial charge on any atom is -0.365 e. The highest BCUT2D eigenvalue weighted by molar-refractivity contribution is 5.89. The van der Waals surface area contributed by atoms with Crippen LogP contribution in [0.2, 0.25) is 0 Å². The van der Waals surface area contributed by atoms with E-state index in [1.165, 1.54) is 21.9 Å². The molecule has 0 spiro atoms. The van der Waals surface area contributed by atoms with Gasteiger partial charge in [-0.2, -0.15) is 10.1 Å². The highest BCUT2D eigenvalue weighted by atomic mass is 16.5. The minimum absolute atomic E-state index is 0.00579. The number of benzene rings is 2. The summed E-state index contributed by atoms with van der Waals surface area (Å²) < 4.78 is 6.57. The van der Waals surface area contributed by atoms with E-state index in [2.05, 4.69) is 52.2 Å². The third-order valence-electron chi connectivity index (χ3n) is 6.86. The van der Waals surface area contributed by atoms with Crippen molar-refractivity contribution in [3.8, 4) is 11.3 Å². The van der Waals surface area contributed by atoms with Crippen molar-refractivity contribution >= 4 is 11.6 Å². The van der Waals surface area contributed by atoms with E-state index in [0.29, 0.717) is 25.3 Å². The van der Waals surface area contributed by atoms with E-state index in [-0.39, 0.29) is 35.8 Å². The summed E-state index contributed by atoms with van der Waals surface area (Å²) in [5.41, 5.74) is 5.99. The Hall–Kier alpha value is -4.27. The normalized spacial score (nSPS) is 15.7. The van der Waals surface area contributed by atoms with Gasteiger partial charge < -0.3 is 14.3 Å². The Kier molecular flexibility index (Phi) is 6.60. The largest absolute Gasteiger partial charge is 0.365 e.